The highest BCUT2D eigenvalue weighted by Crippen LogP contribution is 2.33. The second kappa shape index (κ2) is 11.9. The molecule has 1 aliphatic rings. The number of hydrogen-bond donors (Lipinski definition) is 0. The topological polar surface area (TPSA) is 57.2 Å². The molecule has 1 amide bonds. The van der Waals surface area contributed by atoms with Crippen LogP contribution >= 0.6 is 0 Å². The molecule has 6 nitrogen and oxygen atoms in total. The van der Waals surface area contributed by atoms with Gasteiger partial charge < -0.3 is 23.8 Å². The fourth-order valence-electron chi connectivity index (χ4n) is 3.96. The van der Waals surface area contributed by atoms with E-state index in [0.29, 0.717) is 19.8 Å². The van der Waals surface area contributed by atoms with Crippen LogP contribution in [-0.2, 0) is 16.1 Å². The number of nitrogens with zero attached hydrogens (tertiary/aromatic N) is 1. The van der Waals surface area contributed by atoms with Gasteiger partial charge in [-0.05, 0) is 63.8 Å². The van der Waals surface area contributed by atoms with Crippen LogP contribution in [0.4, 0.5) is 4.79 Å². The summed E-state index contributed by atoms with van der Waals surface area (Å²) in [6.07, 6.45) is 3.63. The van der Waals surface area contributed by atoms with Gasteiger partial charge in [0.2, 0.25) is 0 Å². The van der Waals surface area contributed by atoms with E-state index in [-0.39, 0.29) is 12.1 Å². The number of carbonyl (C=O) groups is 1. The number of benzene rings is 2. The number of rotatable bonds is 9. The van der Waals surface area contributed by atoms with Gasteiger partial charge in [-0.2, -0.15) is 0 Å². The predicted molar refractivity (Wildman–Crippen MR) is 129 cm³/mol. The Labute approximate surface area is 197 Å². The van der Waals surface area contributed by atoms with Gasteiger partial charge in [-0.15, -0.1) is 0 Å². The maximum Gasteiger partial charge on any atom is 0.410 e. The van der Waals surface area contributed by atoms with Gasteiger partial charge >= 0.3 is 6.09 Å². The van der Waals surface area contributed by atoms with Gasteiger partial charge in [-0.25, -0.2) is 4.79 Å². The summed E-state index contributed by atoms with van der Waals surface area (Å²) in [6, 6.07) is 16.0. The fraction of sp³-hybridized carbons (Fsp3) is 0.519. The first kappa shape index (κ1) is 24.9. The maximum absolute atomic E-state index is 12.7. The van der Waals surface area contributed by atoms with E-state index in [4.69, 9.17) is 18.9 Å². The number of likely N-dealkylation sites (tertiary alicyclic amines) is 1. The van der Waals surface area contributed by atoms with Crippen LogP contribution < -0.4 is 9.47 Å². The predicted octanol–water partition coefficient (Wildman–Crippen LogP) is 6.14. The summed E-state index contributed by atoms with van der Waals surface area (Å²) in [7, 11) is 1.67. The van der Waals surface area contributed by atoms with E-state index in [2.05, 4.69) is 12.1 Å². The lowest BCUT2D eigenvalue weighted by atomic mass is 9.95. The van der Waals surface area contributed by atoms with Crippen LogP contribution in [0.15, 0.2) is 48.5 Å². The van der Waals surface area contributed by atoms with Crippen LogP contribution in [0.25, 0.3) is 0 Å². The van der Waals surface area contributed by atoms with Gasteiger partial charge in [-0.3, -0.25) is 0 Å². The average molecular weight is 456 g/mol. The zero-order valence-electron chi connectivity index (χ0n) is 20.3. The van der Waals surface area contributed by atoms with Gasteiger partial charge in [0.25, 0.3) is 0 Å². The zero-order valence-corrected chi connectivity index (χ0v) is 20.3. The Morgan fingerprint density at radius 1 is 1.03 bits per heavy atom. The highest BCUT2D eigenvalue weighted by molar-refractivity contribution is 5.69. The van der Waals surface area contributed by atoms with Crippen molar-refractivity contribution in [2.75, 3.05) is 26.9 Å². The standard InChI is InChI=1S/C27H37NO5/c1-27(2,3)33-26(29)28-17-8-7-11-24(28)21-13-15-23(16-14-21)32-19-9-18-31-20-22-10-5-6-12-25(22)30-4/h5-6,10,12-16,24H,7-9,11,17-20H2,1-4H3. The molecular weight excluding hydrogens is 418 g/mol. The van der Waals surface area contributed by atoms with Crippen molar-refractivity contribution in [1.29, 1.82) is 0 Å². The Morgan fingerprint density at radius 3 is 2.52 bits per heavy atom. The molecule has 33 heavy (non-hydrogen) atoms. The van der Waals surface area contributed by atoms with Gasteiger partial charge in [0.05, 0.1) is 33.0 Å². The number of amides is 1. The Balaban J connectivity index is 1.44. The van der Waals surface area contributed by atoms with Crippen molar-refractivity contribution in [3.05, 3.63) is 59.7 Å². The van der Waals surface area contributed by atoms with Crippen LogP contribution in [0.2, 0.25) is 0 Å². The molecule has 0 aromatic heterocycles. The van der Waals surface area contributed by atoms with Crippen molar-refractivity contribution in [1.82, 2.24) is 4.90 Å². The molecule has 180 valence electrons. The van der Waals surface area contributed by atoms with Crippen molar-refractivity contribution >= 4 is 6.09 Å². The van der Waals surface area contributed by atoms with Crippen LogP contribution in [0.3, 0.4) is 0 Å². The van der Waals surface area contributed by atoms with E-state index in [0.717, 1.165) is 54.9 Å². The molecule has 0 saturated carbocycles. The zero-order chi connectivity index (χ0) is 23.7. The number of carbonyl (C=O) groups excluding carboxylic acids is 1. The Morgan fingerprint density at radius 2 is 1.79 bits per heavy atom. The van der Waals surface area contributed by atoms with Gasteiger partial charge in [0, 0.05) is 18.5 Å². The molecule has 3 rings (SSSR count). The molecule has 0 aliphatic carbocycles. The maximum atomic E-state index is 12.7. The number of hydrogen-bond acceptors (Lipinski definition) is 5. The molecule has 1 aliphatic heterocycles. The average Bonchev–Trinajstić information content (AvgIpc) is 2.81. The van der Waals surface area contributed by atoms with Crippen LogP contribution in [0.5, 0.6) is 11.5 Å². The first-order chi connectivity index (χ1) is 15.9. The lowest BCUT2D eigenvalue weighted by Gasteiger charge is -2.37. The van der Waals surface area contributed by atoms with Crippen molar-refractivity contribution in [3.8, 4) is 11.5 Å². The third kappa shape index (κ3) is 7.67. The van der Waals surface area contributed by atoms with Crippen molar-refractivity contribution in [2.45, 2.75) is 64.7 Å². The minimum Gasteiger partial charge on any atom is -0.496 e. The summed E-state index contributed by atoms with van der Waals surface area (Å²) < 4.78 is 22.6. The molecule has 1 heterocycles. The lowest BCUT2D eigenvalue weighted by molar-refractivity contribution is 0.00951. The molecule has 0 bridgehead atoms. The van der Waals surface area contributed by atoms with Gasteiger partial charge in [0.15, 0.2) is 0 Å². The number of ether oxygens (including phenoxy) is 4. The Hall–Kier alpha value is -2.73. The molecular formula is C27H37NO5. The highest BCUT2D eigenvalue weighted by Gasteiger charge is 2.31. The molecule has 1 unspecified atom stereocenters. The highest BCUT2D eigenvalue weighted by atomic mass is 16.6. The van der Waals surface area contributed by atoms with Crippen molar-refractivity contribution in [2.24, 2.45) is 0 Å². The van der Waals surface area contributed by atoms with E-state index in [1.54, 1.807) is 7.11 Å². The molecule has 0 N–H and O–H groups in total. The molecule has 1 fully saturated rings. The first-order valence-corrected chi connectivity index (χ1v) is 11.8. The Bertz CT molecular complexity index is 875. The summed E-state index contributed by atoms with van der Waals surface area (Å²) in [5.74, 6) is 1.67. The first-order valence-electron chi connectivity index (χ1n) is 11.8. The third-order valence-corrected chi connectivity index (χ3v) is 5.55. The second-order valence-corrected chi connectivity index (χ2v) is 9.32. The van der Waals surface area contributed by atoms with E-state index >= 15 is 0 Å². The number of para-hydroxylation sites is 1. The number of piperidine rings is 1. The van der Waals surface area contributed by atoms with E-state index in [1.165, 1.54) is 0 Å². The fourth-order valence-corrected chi connectivity index (χ4v) is 3.96. The molecule has 6 heteroatoms. The SMILES string of the molecule is COc1ccccc1COCCCOc1ccc(C2CCCCN2C(=O)OC(C)(C)C)cc1. The van der Waals surface area contributed by atoms with Crippen LogP contribution in [0.1, 0.15) is 63.6 Å². The number of methoxy groups -OCH3 is 1. The van der Waals surface area contributed by atoms with Crippen molar-refractivity contribution in [3.63, 3.8) is 0 Å². The summed E-state index contributed by atoms with van der Waals surface area (Å²) in [5, 5.41) is 0. The summed E-state index contributed by atoms with van der Waals surface area (Å²) in [5.41, 5.74) is 1.67. The second-order valence-electron chi connectivity index (χ2n) is 9.32. The van der Waals surface area contributed by atoms with Crippen LogP contribution in [0, 0.1) is 0 Å². The normalized spacial score (nSPS) is 16.4. The molecule has 2 aromatic carbocycles. The van der Waals surface area contributed by atoms with Gasteiger partial charge in [0.1, 0.15) is 17.1 Å². The summed E-state index contributed by atoms with van der Waals surface area (Å²) >= 11 is 0. The molecule has 0 radical (unpaired) electrons. The smallest absolute Gasteiger partial charge is 0.410 e. The van der Waals surface area contributed by atoms with Gasteiger partial charge in [-0.1, -0.05) is 30.3 Å². The van der Waals surface area contributed by atoms with E-state index in [9.17, 15) is 4.79 Å². The monoisotopic (exact) mass is 455 g/mol. The largest absolute Gasteiger partial charge is 0.496 e. The third-order valence-electron chi connectivity index (χ3n) is 5.55. The van der Waals surface area contributed by atoms with E-state index < -0.39 is 5.60 Å². The minimum absolute atomic E-state index is 0.0472. The molecule has 0 spiro atoms. The molecule has 1 saturated heterocycles. The molecule has 2 aromatic rings. The van der Waals surface area contributed by atoms with Crippen LogP contribution in [-0.4, -0.2) is 43.5 Å². The quantitative estimate of drug-likeness (QED) is 0.425. The Kier molecular flexibility index (Phi) is 9.01. The lowest BCUT2D eigenvalue weighted by Crippen LogP contribution is -2.41. The summed E-state index contributed by atoms with van der Waals surface area (Å²) in [6.45, 7) is 8.15. The van der Waals surface area contributed by atoms with Crippen molar-refractivity contribution < 1.29 is 23.7 Å². The minimum atomic E-state index is -0.492. The summed E-state index contributed by atoms with van der Waals surface area (Å²) in [4.78, 5) is 14.5. The molecule has 1 atom stereocenters. The van der Waals surface area contributed by atoms with E-state index in [1.807, 2.05) is 62.1 Å².